The van der Waals surface area contributed by atoms with Crippen molar-refractivity contribution in [2.75, 3.05) is 13.2 Å². The summed E-state index contributed by atoms with van der Waals surface area (Å²) in [6, 6.07) is 14.4. The summed E-state index contributed by atoms with van der Waals surface area (Å²) in [5.41, 5.74) is 2.21. The summed E-state index contributed by atoms with van der Waals surface area (Å²) < 4.78 is 10.7. The van der Waals surface area contributed by atoms with Crippen molar-refractivity contribution in [2.45, 2.75) is 26.2 Å². The van der Waals surface area contributed by atoms with Crippen LogP contribution in [-0.2, 0) is 9.53 Å². The third-order valence-corrected chi connectivity index (χ3v) is 3.83. The Morgan fingerprint density at radius 1 is 1.04 bits per heavy atom. The van der Waals surface area contributed by atoms with Gasteiger partial charge in [0.1, 0.15) is 5.75 Å². The second-order valence-corrected chi connectivity index (χ2v) is 5.49. The van der Waals surface area contributed by atoms with Gasteiger partial charge in [-0.15, -0.1) is 0 Å². The minimum atomic E-state index is -0.132. The molecule has 1 N–H and O–H groups in total. The van der Waals surface area contributed by atoms with Crippen molar-refractivity contribution in [2.24, 2.45) is 0 Å². The Labute approximate surface area is 135 Å². The van der Waals surface area contributed by atoms with Crippen LogP contribution in [0.1, 0.15) is 26.2 Å². The Kier molecular flexibility index (Phi) is 4.81. The summed E-state index contributed by atoms with van der Waals surface area (Å²) in [4.78, 5) is 14.6. The highest BCUT2D eigenvalue weighted by Crippen LogP contribution is 2.28. The molecule has 2 aromatic carbocycles. The highest BCUT2D eigenvalue weighted by atomic mass is 16.5. The predicted molar refractivity (Wildman–Crippen MR) is 91.8 cm³/mol. The number of nitrogens with one attached hydrogen (secondary N) is 1. The van der Waals surface area contributed by atoms with Crippen molar-refractivity contribution in [3.8, 4) is 5.75 Å². The highest BCUT2D eigenvalue weighted by Gasteiger charge is 2.05. The number of rotatable bonds is 7. The average molecular weight is 311 g/mol. The van der Waals surface area contributed by atoms with E-state index in [4.69, 9.17) is 9.47 Å². The molecule has 4 nitrogen and oxygen atoms in total. The van der Waals surface area contributed by atoms with Crippen LogP contribution in [0.4, 0.5) is 0 Å². The molecule has 0 aliphatic rings. The highest BCUT2D eigenvalue weighted by molar-refractivity contribution is 6.07. The van der Waals surface area contributed by atoms with Crippen LogP contribution in [0.15, 0.2) is 42.5 Å². The number of esters is 1. The van der Waals surface area contributed by atoms with Crippen LogP contribution >= 0.6 is 0 Å². The number of hydrogen-bond donors (Lipinski definition) is 1. The number of ether oxygens (including phenoxy) is 2. The molecule has 0 spiro atoms. The number of carbonyl (C=O) groups excluding carboxylic acids is 1. The molecule has 1 aromatic heterocycles. The zero-order valence-electron chi connectivity index (χ0n) is 13.3. The zero-order chi connectivity index (χ0) is 16.1. The fourth-order valence-corrected chi connectivity index (χ4v) is 2.72. The molecule has 0 saturated heterocycles. The number of fused-ring (bicyclic) bond motifs is 3. The van der Waals surface area contributed by atoms with E-state index in [1.807, 2.05) is 31.2 Å². The van der Waals surface area contributed by atoms with E-state index in [9.17, 15) is 4.79 Å². The Balaban J connectivity index is 1.56. The number of aromatic nitrogens is 1. The normalized spacial score (nSPS) is 11.0. The molecule has 23 heavy (non-hydrogen) atoms. The first-order valence-electron chi connectivity index (χ1n) is 8.07. The van der Waals surface area contributed by atoms with Crippen LogP contribution in [0.2, 0.25) is 0 Å². The molecule has 0 bridgehead atoms. The van der Waals surface area contributed by atoms with Gasteiger partial charge < -0.3 is 14.5 Å². The third-order valence-electron chi connectivity index (χ3n) is 3.83. The van der Waals surface area contributed by atoms with Crippen molar-refractivity contribution < 1.29 is 14.3 Å². The molecule has 3 rings (SSSR count). The molecule has 120 valence electrons. The molecule has 3 aromatic rings. The Morgan fingerprint density at radius 2 is 1.87 bits per heavy atom. The molecule has 4 heteroatoms. The molecule has 0 unspecified atom stereocenters. The van der Waals surface area contributed by atoms with E-state index in [0.717, 1.165) is 29.6 Å². The summed E-state index contributed by atoms with van der Waals surface area (Å²) in [5, 5.41) is 2.43. The molecule has 0 aliphatic carbocycles. The fourth-order valence-electron chi connectivity index (χ4n) is 2.72. The van der Waals surface area contributed by atoms with Gasteiger partial charge in [0.25, 0.3) is 0 Å². The van der Waals surface area contributed by atoms with E-state index < -0.39 is 0 Å². The topological polar surface area (TPSA) is 51.3 Å². The lowest BCUT2D eigenvalue weighted by atomic mass is 10.1. The van der Waals surface area contributed by atoms with Crippen LogP contribution in [0, 0.1) is 0 Å². The Bertz CT molecular complexity index is 807. The molecule has 0 amide bonds. The van der Waals surface area contributed by atoms with Crippen LogP contribution in [0.3, 0.4) is 0 Å². The second-order valence-electron chi connectivity index (χ2n) is 5.49. The summed E-state index contributed by atoms with van der Waals surface area (Å²) >= 11 is 0. The van der Waals surface area contributed by atoms with Gasteiger partial charge in [0, 0.05) is 28.8 Å². The van der Waals surface area contributed by atoms with Gasteiger partial charge in [0.05, 0.1) is 18.7 Å². The van der Waals surface area contributed by atoms with Gasteiger partial charge >= 0.3 is 5.97 Å². The average Bonchev–Trinajstić information content (AvgIpc) is 2.92. The summed E-state index contributed by atoms with van der Waals surface area (Å²) in [7, 11) is 0. The van der Waals surface area contributed by atoms with Crippen LogP contribution < -0.4 is 4.74 Å². The summed E-state index contributed by atoms with van der Waals surface area (Å²) in [5.74, 6) is 0.715. The van der Waals surface area contributed by atoms with Crippen molar-refractivity contribution in [1.29, 1.82) is 0 Å². The van der Waals surface area contributed by atoms with Crippen LogP contribution in [0.5, 0.6) is 5.75 Å². The minimum Gasteiger partial charge on any atom is -0.494 e. The first-order chi connectivity index (χ1) is 11.3. The summed E-state index contributed by atoms with van der Waals surface area (Å²) in [6.45, 7) is 2.87. The Hall–Kier alpha value is -2.49. The lowest BCUT2D eigenvalue weighted by Crippen LogP contribution is -2.05. The van der Waals surface area contributed by atoms with E-state index in [1.165, 1.54) is 10.8 Å². The van der Waals surface area contributed by atoms with Gasteiger partial charge in [-0.05, 0) is 38.0 Å². The van der Waals surface area contributed by atoms with Crippen molar-refractivity contribution in [3.05, 3.63) is 42.5 Å². The quantitative estimate of drug-likeness (QED) is 0.518. The van der Waals surface area contributed by atoms with E-state index >= 15 is 0 Å². The van der Waals surface area contributed by atoms with Crippen LogP contribution in [-0.4, -0.2) is 24.2 Å². The van der Waals surface area contributed by atoms with E-state index in [0.29, 0.717) is 19.6 Å². The largest absolute Gasteiger partial charge is 0.494 e. The predicted octanol–water partition coefficient (Wildman–Crippen LogP) is 4.43. The van der Waals surface area contributed by atoms with E-state index in [2.05, 4.69) is 23.2 Å². The molecule has 0 radical (unpaired) electrons. The van der Waals surface area contributed by atoms with Crippen molar-refractivity contribution >= 4 is 27.8 Å². The lowest BCUT2D eigenvalue weighted by Gasteiger charge is -2.06. The van der Waals surface area contributed by atoms with Gasteiger partial charge in [-0.25, -0.2) is 0 Å². The minimum absolute atomic E-state index is 0.132. The van der Waals surface area contributed by atoms with Gasteiger partial charge in [0.2, 0.25) is 0 Å². The van der Waals surface area contributed by atoms with Gasteiger partial charge in [-0.2, -0.15) is 0 Å². The molecule has 0 saturated carbocycles. The van der Waals surface area contributed by atoms with Crippen molar-refractivity contribution in [1.82, 2.24) is 4.98 Å². The number of benzene rings is 2. The monoisotopic (exact) mass is 311 g/mol. The van der Waals surface area contributed by atoms with Gasteiger partial charge in [-0.3, -0.25) is 4.79 Å². The maximum atomic E-state index is 11.2. The number of unbranched alkanes of at least 4 members (excludes halogenated alkanes) is 1. The Morgan fingerprint density at radius 3 is 2.74 bits per heavy atom. The van der Waals surface area contributed by atoms with Crippen LogP contribution in [0.25, 0.3) is 21.8 Å². The maximum Gasteiger partial charge on any atom is 0.305 e. The number of para-hydroxylation sites is 1. The van der Waals surface area contributed by atoms with Gasteiger partial charge in [-0.1, -0.05) is 18.2 Å². The number of aromatic amines is 1. The maximum absolute atomic E-state index is 11.2. The molecule has 1 heterocycles. The number of H-pyrrole nitrogens is 1. The lowest BCUT2D eigenvalue weighted by molar-refractivity contribution is -0.143. The first kappa shape index (κ1) is 15.4. The second kappa shape index (κ2) is 7.18. The fraction of sp³-hybridized carbons (Fsp3) is 0.316. The SMILES string of the molecule is CCOC(=O)CCCCOc1ccc2c(c1)[nH]c1ccccc12. The van der Waals surface area contributed by atoms with E-state index in [-0.39, 0.29) is 5.97 Å². The smallest absolute Gasteiger partial charge is 0.305 e. The molecule has 0 atom stereocenters. The third kappa shape index (κ3) is 3.65. The molecule has 0 aliphatic heterocycles. The summed E-state index contributed by atoms with van der Waals surface area (Å²) in [6.07, 6.45) is 2.08. The first-order valence-corrected chi connectivity index (χ1v) is 8.07. The van der Waals surface area contributed by atoms with Gasteiger partial charge in [0.15, 0.2) is 0 Å². The standard InChI is InChI=1S/C19H21NO3/c1-2-22-19(21)9-5-6-12-23-14-10-11-16-15-7-3-4-8-17(15)20-18(16)13-14/h3-4,7-8,10-11,13,20H,2,5-6,9,12H2,1H3. The van der Waals surface area contributed by atoms with E-state index in [1.54, 1.807) is 0 Å². The molecular formula is C19H21NO3. The molecule has 0 fully saturated rings. The molecular weight excluding hydrogens is 290 g/mol. The van der Waals surface area contributed by atoms with Crippen molar-refractivity contribution in [3.63, 3.8) is 0 Å². The number of carbonyl (C=O) groups is 1. The number of hydrogen-bond acceptors (Lipinski definition) is 3. The zero-order valence-corrected chi connectivity index (χ0v) is 13.3.